The van der Waals surface area contributed by atoms with E-state index in [0.717, 1.165) is 35.2 Å². The summed E-state index contributed by atoms with van der Waals surface area (Å²) < 4.78 is 5.80. The number of nitrogens with zero attached hydrogens (tertiary/aromatic N) is 3. The summed E-state index contributed by atoms with van der Waals surface area (Å²) in [5.74, 6) is 0.767. The van der Waals surface area contributed by atoms with Gasteiger partial charge in [0.15, 0.2) is 0 Å². The molecule has 0 spiro atoms. The van der Waals surface area contributed by atoms with Gasteiger partial charge in [-0.05, 0) is 37.1 Å². The average Bonchev–Trinajstić information content (AvgIpc) is 2.48. The molecule has 0 unspecified atom stereocenters. The van der Waals surface area contributed by atoms with Gasteiger partial charge < -0.3 is 4.74 Å². The van der Waals surface area contributed by atoms with Crippen molar-refractivity contribution in [1.29, 1.82) is 0 Å². The first-order valence-electron chi connectivity index (χ1n) is 7.11. The Morgan fingerprint density at radius 2 is 2.05 bits per heavy atom. The molecule has 2 aromatic heterocycles. The lowest BCUT2D eigenvalue weighted by Gasteiger charge is -2.08. The highest BCUT2D eigenvalue weighted by Gasteiger charge is 2.06. The van der Waals surface area contributed by atoms with Crippen LogP contribution in [-0.2, 0) is 6.42 Å². The number of benzene rings is 1. The SMILES string of the molecule is CCCc1cccc(Oc2nc(C)c3ccncc3n2)c1. The first-order chi connectivity index (χ1) is 10.3. The van der Waals surface area contributed by atoms with Gasteiger partial charge in [-0.25, -0.2) is 0 Å². The Morgan fingerprint density at radius 1 is 1.14 bits per heavy atom. The summed E-state index contributed by atoms with van der Waals surface area (Å²) in [5, 5.41) is 0.997. The van der Waals surface area contributed by atoms with Gasteiger partial charge in [0, 0.05) is 11.6 Å². The molecule has 3 rings (SSSR count). The van der Waals surface area contributed by atoms with E-state index < -0.39 is 0 Å². The molecule has 0 aliphatic rings. The smallest absolute Gasteiger partial charge is 0.322 e. The molecule has 21 heavy (non-hydrogen) atoms. The van der Waals surface area contributed by atoms with Gasteiger partial charge in [-0.15, -0.1) is 0 Å². The quantitative estimate of drug-likeness (QED) is 0.722. The van der Waals surface area contributed by atoms with Gasteiger partial charge >= 0.3 is 6.01 Å². The van der Waals surface area contributed by atoms with Crippen molar-refractivity contribution in [1.82, 2.24) is 15.0 Å². The van der Waals surface area contributed by atoms with Crippen molar-refractivity contribution in [2.45, 2.75) is 26.7 Å². The normalized spacial score (nSPS) is 10.8. The van der Waals surface area contributed by atoms with E-state index in [0.29, 0.717) is 6.01 Å². The third-order valence-electron chi connectivity index (χ3n) is 3.32. The van der Waals surface area contributed by atoms with Crippen LogP contribution in [0.2, 0.25) is 0 Å². The maximum atomic E-state index is 5.80. The van der Waals surface area contributed by atoms with Crippen molar-refractivity contribution in [3.63, 3.8) is 0 Å². The lowest BCUT2D eigenvalue weighted by molar-refractivity contribution is 0.442. The lowest BCUT2D eigenvalue weighted by atomic mass is 10.1. The van der Waals surface area contributed by atoms with E-state index >= 15 is 0 Å². The van der Waals surface area contributed by atoms with E-state index in [-0.39, 0.29) is 0 Å². The second kappa shape index (κ2) is 5.87. The Morgan fingerprint density at radius 3 is 2.90 bits per heavy atom. The van der Waals surface area contributed by atoms with E-state index in [2.05, 4.69) is 27.9 Å². The molecule has 2 heterocycles. The number of rotatable bonds is 4. The maximum Gasteiger partial charge on any atom is 0.322 e. The summed E-state index contributed by atoms with van der Waals surface area (Å²) in [6, 6.07) is 10.3. The molecule has 0 aliphatic heterocycles. The molecule has 0 N–H and O–H groups in total. The minimum Gasteiger partial charge on any atom is -0.424 e. The molecule has 0 atom stereocenters. The predicted octanol–water partition coefficient (Wildman–Crippen LogP) is 4.08. The van der Waals surface area contributed by atoms with Crippen LogP contribution in [0.5, 0.6) is 11.8 Å². The zero-order valence-corrected chi connectivity index (χ0v) is 12.2. The number of ether oxygens (including phenoxy) is 1. The summed E-state index contributed by atoms with van der Waals surface area (Å²) in [7, 11) is 0. The van der Waals surface area contributed by atoms with E-state index in [1.807, 2.05) is 31.2 Å². The number of pyridine rings is 1. The predicted molar refractivity (Wildman–Crippen MR) is 82.6 cm³/mol. The minimum atomic E-state index is 0.363. The van der Waals surface area contributed by atoms with E-state index in [9.17, 15) is 0 Å². The molecule has 1 aromatic carbocycles. The number of hydrogen-bond acceptors (Lipinski definition) is 4. The molecule has 0 amide bonds. The van der Waals surface area contributed by atoms with Gasteiger partial charge in [0.25, 0.3) is 0 Å². The topological polar surface area (TPSA) is 47.9 Å². The summed E-state index contributed by atoms with van der Waals surface area (Å²) in [4.78, 5) is 12.9. The van der Waals surface area contributed by atoms with Crippen LogP contribution in [0.4, 0.5) is 0 Å². The van der Waals surface area contributed by atoms with Crippen LogP contribution < -0.4 is 4.74 Å². The summed E-state index contributed by atoms with van der Waals surface area (Å²) in [6.45, 7) is 4.11. The molecule has 4 nitrogen and oxygen atoms in total. The third-order valence-corrected chi connectivity index (χ3v) is 3.32. The fraction of sp³-hybridized carbons (Fsp3) is 0.235. The molecular weight excluding hydrogens is 262 g/mol. The Kier molecular flexibility index (Phi) is 3.77. The molecule has 0 radical (unpaired) electrons. The molecule has 3 aromatic rings. The average molecular weight is 279 g/mol. The minimum absolute atomic E-state index is 0.363. The summed E-state index contributed by atoms with van der Waals surface area (Å²) >= 11 is 0. The maximum absolute atomic E-state index is 5.80. The van der Waals surface area contributed by atoms with E-state index in [4.69, 9.17) is 4.74 Å². The molecular formula is C17H17N3O. The summed E-state index contributed by atoms with van der Waals surface area (Å²) in [6.07, 6.45) is 5.62. The van der Waals surface area contributed by atoms with Crippen LogP contribution in [0.3, 0.4) is 0 Å². The monoisotopic (exact) mass is 279 g/mol. The third kappa shape index (κ3) is 2.99. The molecule has 4 heteroatoms. The fourth-order valence-corrected chi connectivity index (χ4v) is 2.32. The van der Waals surface area contributed by atoms with Crippen LogP contribution in [0.25, 0.3) is 10.9 Å². The highest BCUT2D eigenvalue weighted by molar-refractivity contribution is 5.79. The largest absolute Gasteiger partial charge is 0.424 e. The van der Waals surface area contributed by atoms with Crippen LogP contribution in [0.1, 0.15) is 24.6 Å². The van der Waals surface area contributed by atoms with Crippen molar-refractivity contribution in [2.75, 3.05) is 0 Å². The number of aryl methyl sites for hydroxylation is 2. The molecule has 0 aliphatic carbocycles. The van der Waals surface area contributed by atoms with Gasteiger partial charge in [-0.3, -0.25) is 4.98 Å². The second-order valence-electron chi connectivity index (χ2n) is 4.98. The number of hydrogen-bond donors (Lipinski definition) is 0. The van der Waals surface area contributed by atoms with Gasteiger partial charge in [0.2, 0.25) is 0 Å². The molecule has 0 bridgehead atoms. The van der Waals surface area contributed by atoms with Crippen LogP contribution >= 0.6 is 0 Å². The Hall–Kier alpha value is -2.49. The second-order valence-corrected chi connectivity index (χ2v) is 4.98. The lowest BCUT2D eigenvalue weighted by Crippen LogP contribution is -1.96. The van der Waals surface area contributed by atoms with Crippen molar-refractivity contribution >= 4 is 10.9 Å². The molecule has 0 saturated carbocycles. The van der Waals surface area contributed by atoms with Crippen LogP contribution in [-0.4, -0.2) is 15.0 Å². The van der Waals surface area contributed by atoms with Crippen molar-refractivity contribution in [3.8, 4) is 11.8 Å². The molecule has 0 fully saturated rings. The standard InChI is InChI=1S/C17H17N3O/c1-3-5-13-6-4-7-14(10-13)21-17-19-12(2)15-8-9-18-11-16(15)20-17/h4,6-11H,3,5H2,1-2H3. The van der Waals surface area contributed by atoms with Crippen molar-refractivity contribution < 1.29 is 4.74 Å². The van der Waals surface area contributed by atoms with Gasteiger partial charge in [-0.1, -0.05) is 25.5 Å². The molecule has 106 valence electrons. The fourth-order valence-electron chi connectivity index (χ4n) is 2.32. The Labute approximate surface area is 123 Å². The highest BCUT2D eigenvalue weighted by Crippen LogP contribution is 2.23. The van der Waals surface area contributed by atoms with E-state index in [1.165, 1.54) is 5.56 Å². The van der Waals surface area contributed by atoms with Gasteiger partial charge in [0.05, 0.1) is 17.4 Å². The van der Waals surface area contributed by atoms with Crippen LogP contribution in [0.15, 0.2) is 42.7 Å². The van der Waals surface area contributed by atoms with Gasteiger partial charge in [-0.2, -0.15) is 9.97 Å². The zero-order chi connectivity index (χ0) is 14.7. The number of fused-ring (bicyclic) bond motifs is 1. The van der Waals surface area contributed by atoms with Crippen molar-refractivity contribution in [3.05, 3.63) is 54.0 Å². The molecule has 0 saturated heterocycles. The summed E-state index contributed by atoms with van der Waals surface area (Å²) in [5.41, 5.74) is 2.95. The van der Waals surface area contributed by atoms with Crippen molar-refractivity contribution in [2.24, 2.45) is 0 Å². The number of aromatic nitrogens is 3. The first-order valence-corrected chi connectivity index (χ1v) is 7.11. The highest BCUT2D eigenvalue weighted by atomic mass is 16.5. The Bertz CT molecular complexity index is 771. The Balaban J connectivity index is 1.92. The van der Waals surface area contributed by atoms with Gasteiger partial charge in [0.1, 0.15) is 5.75 Å². The zero-order valence-electron chi connectivity index (χ0n) is 12.2. The first kappa shape index (κ1) is 13.5. The van der Waals surface area contributed by atoms with E-state index in [1.54, 1.807) is 12.4 Å². The van der Waals surface area contributed by atoms with Crippen LogP contribution in [0, 0.1) is 6.92 Å².